The molecule has 5 heterocycles. The van der Waals surface area contributed by atoms with Crippen molar-refractivity contribution in [1.82, 2.24) is 14.9 Å². The van der Waals surface area contributed by atoms with Gasteiger partial charge in [-0.2, -0.15) is 13.2 Å². The lowest BCUT2D eigenvalue weighted by atomic mass is 9.78. The maximum atomic E-state index is 14.2. The predicted octanol–water partition coefficient (Wildman–Crippen LogP) is 4.67. The molecule has 2 saturated heterocycles. The summed E-state index contributed by atoms with van der Waals surface area (Å²) >= 11 is 1.56. The Morgan fingerprint density at radius 2 is 2.13 bits per heavy atom. The first kappa shape index (κ1) is 26.2. The van der Waals surface area contributed by atoms with Crippen molar-refractivity contribution in [2.45, 2.75) is 63.1 Å². The zero-order chi connectivity index (χ0) is 26.4. The number of rotatable bonds is 5. The number of halogens is 3. The Morgan fingerprint density at radius 1 is 1.26 bits per heavy atom. The fourth-order valence-electron chi connectivity index (χ4n) is 7.00. The Bertz CT molecular complexity index is 1150. The molecule has 0 spiro atoms. The van der Waals surface area contributed by atoms with Gasteiger partial charge in [0, 0.05) is 62.6 Å². The Hall–Kier alpha value is -2.08. The molecule has 7 nitrogen and oxygen atoms in total. The lowest BCUT2D eigenvalue weighted by Gasteiger charge is -2.36. The van der Waals surface area contributed by atoms with E-state index in [1.165, 1.54) is 0 Å². The van der Waals surface area contributed by atoms with Gasteiger partial charge in [0.2, 0.25) is 5.91 Å². The van der Waals surface area contributed by atoms with Crippen molar-refractivity contribution in [3.05, 3.63) is 45.7 Å². The SMILES string of the molecule is COC1COCCC1C[C@@H]1C[C@H]2OC(c3nccs3)C[C@H]2[C@@H]1C(=O)N1CCc2ncc(C(F)(F)F)cc2C1. The number of aromatic nitrogens is 2. The molecule has 3 fully saturated rings. The molecule has 206 valence electrons. The van der Waals surface area contributed by atoms with E-state index in [1.54, 1.807) is 29.5 Å². The largest absolute Gasteiger partial charge is 0.417 e. The lowest BCUT2D eigenvalue weighted by molar-refractivity contribution is -0.140. The van der Waals surface area contributed by atoms with Crippen LogP contribution in [0.2, 0.25) is 0 Å². The maximum absolute atomic E-state index is 14.2. The zero-order valence-electron chi connectivity index (χ0n) is 21.2. The molecule has 7 atom stereocenters. The minimum Gasteiger partial charge on any atom is -0.379 e. The number of fused-ring (bicyclic) bond motifs is 2. The minimum atomic E-state index is -4.47. The first-order valence-corrected chi connectivity index (χ1v) is 14.2. The monoisotopic (exact) mass is 551 g/mol. The third kappa shape index (κ3) is 4.98. The van der Waals surface area contributed by atoms with E-state index >= 15 is 0 Å². The normalized spacial score (nSPS) is 33.3. The number of carbonyl (C=O) groups is 1. The van der Waals surface area contributed by atoms with Crippen LogP contribution in [0, 0.1) is 23.7 Å². The molecule has 2 aromatic heterocycles. The van der Waals surface area contributed by atoms with Crippen LogP contribution < -0.4 is 0 Å². The van der Waals surface area contributed by atoms with Crippen LogP contribution in [0.5, 0.6) is 0 Å². The zero-order valence-corrected chi connectivity index (χ0v) is 22.0. The van der Waals surface area contributed by atoms with Crippen LogP contribution in [0.4, 0.5) is 13.2 Å². The topological polar surface area (TPSA) is 73.8 Å². The Labute approximate surface area is 223 Å². The number of alkyl halides is 3. The quantitative estimate of drug-likeness (QED) is 0.538. The van der Waals surface area contributed by atoms with Crippen LogP contribution in [0.15, 0.2) is 23.8 Å². The van der Waals surface area contributed by atoms with Crippen LogP contribution in [-0.2, 0) is 38.1 Å². The van der Waals surface area contributed by atoms with E-state index in [9.17, 15) is 18.0 Å². The van der Waals surface area contributed by atoms with Crippen LogP contribution in [0.1, 0.15) is 53.6 Å². The van der Waals surface area contributed by atoms with Gasteiger partial charge in [-0.1, -0.05) is 0 Å². The van der Waals surface area contributed by atoms with Crippen molar-refractivity contribution < 1.29 is 32.2 Å². The number of amides is 1. The summed E-state index contributed by atoms with van der Waals surface area (Å²) in [5, 5.41) is 2.87. The standard InChI is InChI=1S/C27H32F3N3O4S/c1-35-23-14-36-6-3-15(23)8-16-10-21-19(11-22(37-21)25-31-4-7-38-25)24(16)26(34)33-5-2-20-17(13-33)9-18(12-32-20)27(28,29)30/h4,7,9,12,15-16,19,21-24H,2-3,5-6,8,10-11,13-14H2,1H3/t15?,16-,19-,21-,22?,23?,24-/m1/s1. The molecule has 11 heteroatoms. The maximum Gasteiger partial charge on any atom is 0.417 e. The number of methoxy groups -OCH3 is 1. The number of nitrogens with zero attached hydrogens (tertiary/aromatic N) is 3. The van der Waals surface area contributed by atoms with Gasteiger partial charge in [0.15, 0.2) is 0 Å². The molecule has 1 amide bonds. The number of hydrogen-bond acceptors (Lipinski definition) is 7. The fraction of sp³-hybridized carbons (Fsp3) is 0.667. The van der Waals surface area contributed by atoms with Gasteiger partial charge in [-0.25, -0.2) is 4.98 Å². The minimum absolute atomic E-state index is 0.00217. The molecule has 6 rings (SSSR count). The average molecular weight is 552 g/mol. The number of hydrogen-bond donors (Lipinski definition) is 0. The van der Waals surface area contributed by atoms with E-state index in [4.69, 9.17) is 14.2 Å². The summed E-state index contributed by atoms with van der Waals surface area (Å²) in [6.45, 7) is 1.85. The van der Waals surface area contributed by atoms with Crippen molar-refractivity contribution >= 4 is 17.2 Å². The highest BCUT2D eigenvalue weighted by Crippen LogP contribution is 2.53. The second-order valence-corrected chi connectivity index (χ2v) is 11.9. The molecule has 2 aromatic rings. The van der Waals surface area contributed by atoms with Gasteiger partial charge in [0.1, 0.15) is 11.1 Å². The van der Waals surface area contributed by atoms with Gasteiger partial charge in [0.05, 0.1) is 24.4 Å². The van der Waals surface area contributed by atoms with Gasteiger partial charge >= 0.3 is 6.18 Å². The van der Waals surface area contributed by atoms with Crippen LogP contribution in [-0.4, -0.2) is 59.9 Å². The number of carbonyl (C=O) groups excluding carboxylic acids is 1. The smallest absolute Gasteiger partial charge is 0.379 e. The van der Waals surface area contributed by atoms with Crippen LogP contribution in [0.25, 0.3) is 0 Å². The molecule has 4 aliphatic rings. The Balaban J connectivity index is 1.24. The van der Waals surface area contributed by atoms with Gasteiger partial charge < -0.3 is 19.1 Å². The third-order valence-electron chi connectivity index (χ3n) is 8.85. The average Bonchev–Trinajstić information content (AvgIpc) is 3.64. The van der Waals surface area contributed by atoms with E-state index in [0.717, 1.165) is 43.0 Å². The second-order valence-electron chi connectivity index (χ2n) is 10.9. The molecule has 3 unspecified atom stereocenters. The van der Waals surface area contributed by atoms with Gasteiger partial charge in [0.25, 0.3) is 0 Å². The molecule has 0 bridgehead atoms. The van der Waals surface area contributed by atoms with Gasteiger partial charge in [-0.05, 0) is 55.1 Å². The first-order valence-electron chi connectivity index (χ1n) is 13.3. The third-order valence-corrected chi connectivity index (χ3v) is 9.71. The van der Waals surface area contributed by atoms with Crippen molar-refractivity contribution in [2.75, 3.05) is 26.9 Å². The summed E-state index contributed by atoms with van der Waals surface area (Å²) in [4.78, 5) is 24.4. The van der Waals surface area contributed by atoms with Crippen LogP contribution >= 0.6 is 11.3 Å². The number of ether oxygens (including phenoxy) is 3. The molecule has 0 radical (unpaired) electrons. The molecule has 0 N–H and O–H groups in total. The van der Waals surface area contributed by atoms with Crippen molar-refractivity contribution in [3.63, 3.8) is 0 Å². The predicted molar refractivity (Wildman–Crippen MR) is 132 cm³/mol. The number of pyridine rings is 1. The van der Waals surface area contributed by atoms with Crippen molar-refractivity contribution in [3.8, 4) is 0 Å². The highest BCUT2D eigenvalue weighted by Gasteiger charge is 2.54. The van der Waals surface area contributed by atoms with Gasteiger partial charge in [-0.3, -0.25) is 9.78 Å². The molecule has 1 aliphatic carbocycles. The lowest BCUT2D eigenvalue weighted by Crippen LogP contribution is -2.44. The van der Waals surface area contributed by atoms with E-state index in [-0.39, 0.29) is 48.5 Å². The molecule has 0 aromatic carbocycles. The summed E-state index contributed by atoms with van der Waals surface area (Å²) in [5.41, 5.74) is 0.351. The van der Waals surface area contributed by atoms with E-state index in [2.05, 4.69) is 9.97 Å². The number of thiazole rings is 1. The summed E-state index contributed by atoms with van der Waals surface area (Å²) in [6.07, 6.45) is 1.76. The summed E-state index contributed by atoms with van der Waals surface area (Å²) in [7, 11) is 1.70. The van der Waals surface area contributed by atoms with Crippen molar-refractivity contribution in [1.29, 1.82) is 0 Å². The van der Waals surface area contributed by atoms with E-state index < -0.39 is 11.7 Å². The van der Waals surface area contributed by atoms with Gasteiger partial charge in [-0.15, -0.1) is 11.3 Å². The second kappa shape index (κ2) is 10.5. The fourth-order valence-corrected chi connectivity index (χ4v) is 7.69. The molecule has 3 aliphatic heterocycles. The molecular formula is C27H32F3N3O4S. The van der Waals surface area contributed by atoms with E-state index in [1.807, 2.05) is 5.38 Å². The Kier molecular flexibility index (Phi) is 7.21. The summed E-state index contributed by atoms with van der Waals surface area (Å²) in [6, 6.07) is 1.15. The van der Waals surface area contributed by atoms with Crippen LogP contribution in [0.3, 0.4) is 0 Å². The highest BCUT2D eigenvalue weighted by atomic mass is 32.1. The summed E-state index contributed by atoms with van der Waals surface area (Å²) < 4.78 is 57.8. The van der Waals surface area contributed by atoms with E-state index in [0.29, 0.717) is 43.4 Å². The Morgan fingerprint density at radius 3 is 2.89 bits per heavy atom. The summed E-state index contributed by atoms with van der Waals surface area (Å²) in [5.74, 6) is 0.253. The highest BCUT2D eigenvalue weighted by molar-refractivity contribution is 7.09. The first-order chi connectivity index (χ1) is 18.3. The molecule has 38 heavy (non-hydrogen) atoms. The van der Waals surface area contributed by atoms with Crippen molar-refractivity contribution in [2.24, 2.45) is 23.7 Å². The molecule has 1 saturated carbocycles. The molecular weight excluding hydrogens is 519 g/mol.